The first-order chi connectivity index (χ1) is 11.5. The molecular formula is C17H21F2N3O2. The van der Waals surface area contributed by atoms with E-state index in [9.17, 15) is 13.6 Å². The van der Waals surface area contributed by atoms with E-state index >= 15 is 0 Å². The number of esters is 1. The fourth-order valence-electron chi connectivity index (χ4n) is 3.44. The van der Waals surface area contributed by atoms with E-state index in [4.69, 9.17) is 10.5 Å². The molecule has 0 bridgehead atoms. The van der Waals surface area contributed by atoms with E-state index in [-0.39, 0.29) is 17.2 Å². The molecule has 1 aliphatic carbocycles. The van der Waals surface area contributed by atoms with Crippen LogP contribution in [-0.2, 0) is 15.1 Å². The van der Waals surface area contributed by atoms with Gasteiger partial charge in [0, 0.05) is 22.8 Å². The number of alkyl halides is 2. The molecule has 0 radical (unpaired) electrons. The van der Waals surface area contributed by atoms with Crippen molar-refractivity contribution in [3.63, 3.8) is 0 Å². The Bertz CT molecular complexity index is 752. The molecule has 0 atom stereocenters. The Morgan fingerprint density at radius 2 is 2.08 bits per heavy atom. The van der Waals surface area contributed by atoms with Crippen LogP contribution >= 0.6 is 0 Å². The summed E-state index contributed by atoms with van der Waals surface area (Å²) in [6.07, 6.45) is 3.19. The number of benzene rings is 1. The highest BCUT2D eigenvalue weighted by atomic mass is 19.3. The monoisotopic (exact) mass is 337 g/mol. The molecule has 130 valence electrons. The van der Waals surface area contributed by atoms with Crippen molar-refractivity contribution in [2.75, 3.05) is 12.3 Å². The van der Waals surface area contributed by atoms with Crippen molar-refractivity contribution in [2.45, 2.75) is 51.0 Å². The van der Waals surface area contributed by atoms with E-state index in [1.807, 2.05) is 0 Å². The number of nitrogen functional groups attached to an aromatic ring is 1. The number of nitrogens with two attached hydrogens (primary N) is 1. The molecule has 5 nitrogen and oxygen atoms in total. The highest BCUT2D eigenvalue weighted by molar-refractivity contribution is 5.85. The number of rotatable bonds is 4. The third-order valence-corrected chi connectivity index (χ3v) is 4.72. The Hall–Kier alpha value is -2.18. The van der Waals surface area contributed by atoms with Gasteiger partial charge in [0.25, 0.3) is 6.43 Å². The van der Waals surface area contributed by atoms with Gasteiger partial charge in [-0.25, -0.2) is 13.6 Å². The van der Waals surface area contributed by atoms with Crippen LogP contribution in [0.25, 0.3) is 10.9 Å². The molecule has 0 spiro atoms. The lowest BCUT2D eigenvalue weighted by molar-refractivity contribution is -0.156. The molecule has 0 amide bonds. The van der Waals surface area contributed by atoms with Crippen molar-refractivity contribution in [2.24, 2.45) is 0 Å². The van der Waals surface area contributed by atoms with Gasteiger partial charge in [0.2, 0.25) is 0 Å². The molecule has 1 aromatic carbocycles. The van der Waals surface area contributed by atoms with Gasteiger partial charge >= 0.3 is 5.97 Å². The van der Waals surface area contributed by atoms with Gasteiger partial charge in [-0.3, -0.25) is 4.68 Å². The summed E-state index contributed by atoms with van der Waals surface area (Å²) in [6.45, 7) is 2.06. The molecule has 0 unspecified atom stereocenters. The van der Waals surface area contributed by atoms with Gasteiger partial charge in [-0.2, -0.15) is 5.10 Å². The second-order valence-electron chi connectivity index (χ2n) is 6.23. The van der Waals surface area contributed by atoms with Gasteiger partial charge in [0.1, 0.15) is 0 Å². The molecule has 1 aliphatic rings. The third-order valence-electron chi connectivity index (χ3n) is 4.72. The Kier molecular flexibility index (Phi) is 4.43. The number of fused-ring (bicyclic) bond motifs is 1. The van der Waals surface area contributed by atoms with Crippen LogP contribution in [0.15, 0.2) is 18.3 Å². The number of hydrogen-bond donors (Lipinski definition) is 1. The highest BCUT2D eigenvalue weighted by Gasteiger charge is 2.43. The van der Waals surface area contributed by atoms with E-state index in [2.05, 4.69) is 5.10 Å². The number of aromatic nitrogens is 2. The lowest BCUT2D eigenvalue weighted by Crippen LogP contribution is -2.45. The maximum atomic E-state index is 13.0. The van der Waals surface area contributed by atoms with Crippen LogP contribution in [0.5, 0.6) is 0 Å². The van der Waals surface area contributed by atoms with Gasteiger partial charge in [-0.05, 0) is 31.9 Å². The minimum atomic E-state index is -2.66. The van der Waals surface area contributed by atoms with E-state index in [1.54, 1.807) is 17.8 Å². The Morgan fingerprint density at radius 3 is 2.71 bits per heavy atom. The maximum Gasteiger partial charge on any atom is 0.334 e. The number of carbonyl (C=O) groups is 1. The summed E-state index contributed by atoms with van der Waals surface area (Å²) >= 11 is 0. The van der Waals surface area contributed by atoms with Crippen molar-refractivity contribution < 1.29 is 18.3 Å². The Balaban J connectivity index is 2.09. The molecule has 3 rings (SSSR count). The van der Waals surface area contributed by atoms with Crippen molar-refractivity contribution in [3.05, 3.63) is 23.9 Å². The first-order valence-electron chi connectivity index (χ1n) is 8.22. The minimum absolute atomic E-state index is 0.0332. The SMILES string of the molecule is CCOC(=O)C1(n2cc3cc(N)c(C(F)F)cc3n2)CCCCC1. The molecule has 0 aliphatic heterocycles. The quantitative estimate of drug-likeness (QED) is 0.681. The zero-order valence-corrected chi connectivity index (χ0v) is 13.6. The first-order valence-corrected chi connectivity index (χ1v) is 8.22. The molecule has 2 aromatic rings. The lowest BCUT2D eigenvalue weighted by atomic mass is 9.82. The number of hydrogen-bond acceptors (Lipinski definition) is 4. The normalized spacial score (nSPS) is 17.3. The third kappa shape index (κ3) is 2.72. The average Bonchev–Trinajstić information content (AvgIpc) is 2.98. The predicted octanol–water partition coefficient (Wildman–Crippen LogP) is 3.78. The lowest BCUT2D eigenvalue weighted by Gasteiger charge is -2.34. The van der Waals surface area contributed by atoms with Crippen LogP contribution in [0.1, 0.15) is 51.0 Å². The summed E-state index contributed by atoms with van der Waals surface area (Å²) in [5.41, 5.74) is 5.06. The van der Waals surface area contributed by atoms with Gasteiger partial charge in [0.05, 0.1) is 12.1 Å². The summed E-state index contributed by atoms with van der Waals surface area (Å²) in [6, 6.07) is 2.79. The van der Waals surface area contributed by atoms with Crippen molar-refractivity contribution in [1.82, 2.24) is 9.78 Å². The van der Waals surface area contributed by atoms with Crippen molar-refractivity contribution in [1.29, 1.82) is 0 Å². The minimum Gasteiger partial charge on any atom is -0.464 e. The molecule has 1 aromatic heterocycles. The second-order valence-corrected chi connectivity index (χ2v) is 6.23. The zero-order chi connectivity index (χ0) is 17.3. The largest absolute Gasteiger partial charge is 0.464 e. The number of halogens is 2. The maximum absolute atomic E-state index is 13.0. The number of nitrogens with zero attached hydrogens (tertiary/aromatic N) is 2. The van der Waals surface area contributed by atoms with Gasteiger partial charge < -0.3 is 10.5 Å². The zero-order valence-electron chi connectivity index (χ0n) is 13.6. The predicted molar refractivity (Wildman–Crippen MR) is 86.8 cm³/mol. The van der Waals surface area contributed by atoms with Crippen LogP contribution in [0.4, 0.5) is 14.5 Å². The topological polar surface area (TPSA) is 70.1 Å². The van der Waals surface area contributed by atoms with Crippen LogP contribution in [0.2, 0.25) is 0 Å². The molecule has 7 heteroatoms. The summed E-state index contributed by atoms with van der Waals surface area (Å²) in [5, 5.41) is 5.07. The molecule has 1 heterocycles. The highest BCUT2D eigenvalue weighted by Crippen LogP contribution is 2.37. The first kappa shape index (κ1) is 16.7. The molecule has 24 heavy (non-hydrogen) atoms. The Morgan fingerprint density at radius 1 is 1.38 bits per heavy atom. The summed E-state index contributed by atoms with van der Waals surface area (Å²) in [4.78, 5) is 12.6. The van der Waals surface area contributed by atoms with Crippen LogP contribution in [0, 0.1) is 0 Å². The average molecular weight is 337 g/mol. The van der Waals surface area contributed by atoms with Gasteiger partial charge in [-0.15, -0.1) is 0 Å². The standard InChI is InChI=1S/C17H21F2N3O2/c1-2-24-16(23)17(6-4-3-5-7-17)22-10-11-8-13(20)12(15(18)19)9-14(11)21-22/h8-10,15H,2-7,20H2,1H3. The molecular weight excluding hydrogens is 316 g/mol. The van der Waals surface area contributed by atoms with Gasteiger partial charge in [0.15, 0.2) is 5.54 Å². The summed E-state index contributed by atoms with van der Waals surface area (Å²) in [7, 11) is 0. The van der Waals surface area contributed by atoms with Gasteiger partial charge in [-0.1, -0.05) is 19.3 Å². The van der Waals surface area contributed by atoms with E-state index in [1.165, 1.54) is 12.1 Å². The summed E-state index contributed by atoms with van der Waals surface area (Å²) in [5.74, 6) is -0.306. The number of ether oxygens (including phenoxy) is 1. The van der Waals surface area contributed by atoms with E-state index in [0.29, 0.717) is 30.4 Å². The fraction of sp³-hybridized carbons (Fsp3) is 0.529. The molecule has 1 fully saturated rings. The van der Waals surface area contributed by atoms with Crippen molar-refractivity contribution >= 4 is 22.6 Å². The smallest absolute Gasteiger partial charge is 0.334 e. The number of anilines is 1. The van der Waals surface area contributed by atoms with Crippen LogP contribution < -0.4 is 5.73 Å². The number of carbonyl (C=O) groups excluding carboxylic acids is 1. The molecule has 0 saturated heterocycles. The van der Waals surface area contributed by atoms with E-state index < -0.39 is 12.0 Å². The molecule has 1 saturated carbocycles. The molecule has 2 N–H and O–H groups in total. The fourth-order valence-corrected chi connectivity index (χ4v) is 3.44. The Labute approximate surface area is 138 Å². The van der Waals surface area contributed by atoms with Crippen LogP contribution in [0.3, 0.4) is 0 Å². The van der Waals surface area contributed by atoms with E-state index in [0.717, 1.165) is 19.3 Å². The van der Waals surface area contributed by atoms with Crippen LogP contribution in [-0.4, -0.2) is 22.4 Å². The summed E-state index contributed by atoms with van der Waals surface area (Å²) < 4.78 is 32.9. The van der Waals surface area contributed by atoms with Crippen molar-refractivity contribution in [3.8, 4) is 0 Å². The second kappa shape index (κ2) is 6.37.